The number of aromatic amines is 1. The molecule has 0 saturated carbocycles. The molecule has 5 rings (SSSR count). The third-order valence-corrected chi connectivity index (χ3v) is 5.95. The van der Waals surface area contributed by atoms with Crippen molar-refractivity contribution in [3.63, 3.8) is 0 Å². The summed E-state index contributed by atoms with van der Waals surface area (Å²) in [7, 11) is 0. The molecular weight excluding hydrogens is 442 g/mol. The number of nitrogens with one attached hydrogen (secondary N) is 1. The van der Waals surface area contributed by atoms with Crippen LogP contribution in [0.5, 0.6) is 11.8 Å². The fraction of sp³-hybridized carbons (Fsp3) is 0.250. The molecule has 4 aromatic rings. The second-order valence-corrected chi connectivity index (χ2v) is 8.24. The largest absolute Gasteiger partial charge is 0.426 e. The van der Waals surface area contributed by atoms with E-state index >= 15 is 0 Å². The normalized spacial score (nSPS) is 14.9. The van der Waals surface area contributed by atoms with Gasteiger partial charge in [0.05, 0.1) is 29.4 Å². The molecule has 1 atom stereocenters. The molecule has 168 valence electrons. The Kier molecular flexibility index (Phi) is 5.93. The van der Waals surface area contributed by atoms with Crippen LogP contribution in [0.1, 0.15) is 18.5 Å². The zero-order valence-corrected chi connectivity index (χ0v) is 18.7. The molecule has 0 bridgehead atoms. The van der Waals surface area contributed by atoms with Crippen LogP contribution in [0.3, 0.4) is 0 Å². The number of morpholine rings is 1. The minimum atomic E-state index is -0.405. The minimum absolute atomic E-state index is 0.308. The van der Waals surface area contributed by atoms with Gasteiger partial charge in [0.1, 0.15) is 11.8 Å². The maximum absolute atomic E-state index is 10.7. The summed E-state index contributed by atoms with van der Waals surface area (Å²) in [5, 5.41) is 3.56. The van der Waals surface area contributed by atoms with Gasteiger partial charge in [0.15, 0.2) is 5.65 Å². The van der Waals surface area contributed by atoms with Gasteiger partial charge >= 0.3 is 6.01 Å². The Morgan fingerprint density at radius 3 is 2.52 bits per heavy atom. The van der Waals surface area contributed by atoms with Gasteiger partial charge in [0.2, 0.25) is 0 Å². The van der Waals surface area contributed by atoms with E-state index in [1.54, 1.807) is 37.3 Å². The number of anilines is 1. The Bertz CT molecular complexity index is 1270. The maximum atomic E-state index is 10.7. The molecule has 0 spiro atoms. The molecule has 0 radical (unpaired) electrons. The van der Waals surface area contributed by atoms with Crippen molar-refractivity contribution >= 4 is 28.5 Å². The molecule has 1 saturated heterocycles. The number of ether oxygens (including phenoxy) is 2. The predicted molar refractivity (Wildman–Crippen MR) is 128 cm³/mol. The number of hydrogen-bond donors (Lipinski definition) is 1. The SMILES string of the molecule is CC(N=O)c1ccc(Oc2nc3nc(-c4ccc(N5CCOCC5)cc4)c(Cl)cc3[nH]2)cc1. The molecule has 0 amide bonds. The van der Waals surface area contributed by atoms with Crippen LogP contribution < -0.4 is 9.64 Å². The van der Waals surface area contributed by atoms with Crippen LogP contribution in [0, 0.1) is 4.91 Å². The van der Waals surface area contributed by atoms with Crippen molar-refractivity contribution in [1.29, 1.82) is 0 Å². The molecule has 1 aliphatic heterocycles. The van der Waals surface area contributed by atoms with Crippen molar-refractivity contribution in [2.24, 2.45) is 5.18 Å². The highest BCUT2D eigenvalue weighted by Gasteiger charge is 2.15. The van der Waals surface area contributed by atoms with Gasteiger partial charge in [0.25, 0.3) is 0 Å². The molecule has 9 heteroatoms. The summed E-state index contributed by atoms with van der Waals surface area (Å²) in [6, 6.07) is 17.0. The van der Waals surface area contributed by atoms with Crippen LogP contribution in [0.2, 0.25) is 5.02 Å². The van der Waals surface area contributed by atoms with Crippen molar-refractivity contribution in [3.05, 3.63) is 70.1 Å². The van der Waals surface area contributed by atoms with Crippen LogP contribution >= 0.6 is 11.6 Å². The summed E-state index contributed by atoms with van der Waals surface area (Å²) in [6.45, 7) is 5.00. The predicted octanol–water partition coefficient (Wildman–Crippen LogP) is 5.73. The minimum Gasteiger partial charge on any atom is -0.426 e. The molecule has 2 aromatic heterocycles. The van der Waals surface area contributed by atoms with Crippen LogP contribution in [-0.4, -0.2) is 41.3 Å². The molecule has 1 unspecified atom stereocenters. The average Bonchev–Trinajstić information content (AvgIpc) is 3.25. The molecular formula is C24H22ClN5O3. The van der Waals surface area contributed by atoms with E-state index in [4.69, 9.17) is 21.1 Å². The van der Waals surface area contributed by atoms with Crippen LogP contribution in [0.15, 0.2) is 59.8 Å². The Balaban J connectivity index is 1.37. The summed E-state index contributed by atoms with van der Waals surface area (Å²) >= 11 is 6.54. The average molecular weight is 464 g/mol. The highest BCUT2D eigenvalue weighted by Crippen LogP contribution is 2.32. The van der Waals surface area contributed by atoms with Gasteiger partial charge in [-0.3, -0.25) is 0 Å². The Morgan fingerprint density at radius 1 is 1.09 bits per heavy atom. The second-order valence-electron chi connectivity index (χ2n) is 7.83. The summed E-state index contributed by atoms with van der Waals surface area (Å²) in [4.78, 5) is 25.2. The van der Waals surface area contributed by atoms with E-state index in [9.17, 15) is 4.91 Å². The van der Waals surface area contributed by atoms with E-state index in [1.165, 1.54) is 0 Å². The number of benzene rings is 2. The number of pyridine rings is 1. The fourth-order valence-corrected chi connectivity index (χ4v) is 4.05. The number of nitroso groups, excluding NO2 is 1. The highest BCUT2D eigenvalue weighted by molar-refractivity contribution is 6.33. The standard InChI is InChI=1S/C24H22ClN5O3/c1-15(29-31)16-4-8-19(9-5-16)33-24-26-21-14-20(25)22(27-23(21)28-24)17-2-6-18(7-3-17)30-10-12-32-13-11-30/h2-9,14-15H,10-13H2,1H3,(H,26,27,28). The molecule has 33 heavy (non-hydrogen) atoms. The lowest BCUT2D eigenvalue weighted by Gasteiger charge is -2.28. The molecule has 1 aliphatic rings. The lowest BCUT2D eigenvalue weighted by Crippen LogP contribution is -2.36. The first-order valence-corrected chi connectivity index (χ1v) is 11.1. The van der Waals surface area contributed by atoms with Crippen molar-refractivity contribution in [1.82, 2.24) is 15.0 Å². The van der Waals surface area contributed by atoms with Crippen LogP contribution in [0.4, 0.5) is 5.69 Å². The first-order valence-electron chi connectivity index (χ1n) is 10.7. The Morgan fingerprint density at radius 2 is 1.82 bits per heavy atom. The Hall–Kier alpha value is -3.49. The number of fused-ring (bicyclic) bond motifs is 1. The molecule has 3 heterocycles. The zero-order chi connectivity index (χ0) is 22.8. The summed E-state index contributed by atoms with van der Waals surface area (Å²) < 4.78 is 11.3. The molecule has 1 fully saturated rings. The number of imidazole rings is 1. The smallest absolute Gasteiger partial charge is 0.301 e. The van der Waals surface area contributed by atoms with Crippen LogP contribution in [-0.2, 0) is 4.74 Å². The molecule has 2 aromatic carbocycles. The van der Waals surface area contributed by atoms with E-state index in [0.717, 1.165) is 43.1 Å². The lowest BCUT2D eigenvalue weighted by molar-refractivity contribution is 0.122. The van der Waals surface area contributed by atoms with Crippen molar-refractivity contribution in [2.45, 2.75) is 13.0 Å². The highest BCUT2D eigenvalue weighted by atomic mass is 35.5. The van der Waals surface area contributed by atoms with Gasteiger partial charge in [-0.15, -0.1) is 0 Å². The molecule has 0 aliphatic carbocycles. The number of aromatic nitrogens is 3. The number of nitrogens with zero attached hydrogens (tertiary/aromatic N) is 4. The van der Waals surface area contributed by atoms with Crippen molar-refractivity contribution < 1.29 is 9.47 Å². The summed E-state index contributed by atoms with van der Waals surface area (Å²) in [5.41, 5.74) is 4.74. The molecule has 1 N–H and O–H groups in total. The van der Waals surface area contributed by atoms with E-state index in [0.29, 0.717) is 33.6 Å². The maximum Gasteiger partial charge on any atom is 0.301 e. The van der Waals surface area contributed by atoms with Crippen LogP contribution in [0.25, 0.3) is 22.4 Å². The third kappa shape index (κ3) is 4.53. The van der Waals surface area contributed by atoms with E-state index in [-0.39, 0.29) is 0 Å². The van der Waals surface area contributed by atoms with Crippen molar-refractivity contribution in [2.75, 3.05) is 31.2 Å². The topological polar surface area (TPSA) is 92.7 Å². The van der Waals surface area contributed by atoms with E-state index in [1.807, 2.05) is 12.1 Å². The number of rotatable bonds is 6. The Labute approximate surface area is 195 Å². The van der Waals surface area contributed by atoms with E-state index in [2.05, 4.69) is 37.2 Å². The lowest BCUT2D eigenvalue weighted by atomic mass is 10.1. The van der Waals surface area contributed by atoms with Gasteiger partial charge in [-0.05, 0) is 42.8 Å². The number of halogens is 1. The number of H-pyrrole nitrogens is 1. The summed E-state index contributed by atoms with van der Waals surface area (Å²) in [5.74, 6) is 0.584. The molecule has 8 nitrogen and oxygen atoms in total. The van der Waals surface area contributed by atoms with Crippen molar-refractivity contribution in [3.8, 4) is 23.0 Å². The summed E-state index contributed by atoms with van der Waals surface area (Å²) in [6.07, 6.45) is 0. The first-order chi connectivity index (χ1) is 16.1. The van der Waals surface area contributed by atoms with E-state index < -0.39 is 6.04 Å². The second kappa shape index (κ2) is 9.17. The zero-order valence-electron chi connectivity index (χ0n) is 18.0. The van der Waals surface area contributed by atoms with Gasteiger partial charge < -0.3 is 19.4 Å². The first kappa shape index (κ1) is 21.4. The van der Waals surface area contributed by atoms with Gasteiger partial charge in [-0.1, -0.05) is 41.0 Å². The quantitative estimate of drug-likeness (QED) is 0.367. The van der Waals surface area contributed by atoms with Gasteiger partial charge in [-0.25, -0.2) is 4.98 Å². The fourth-order valence-electron chi connectivity index (χ4n) is 3.79. The monoisotopic (exact) mass is 463 g/mol. The third-order valence-electron chi connectivity index (χ3n) is 5.66. The van der Waals surface area contributed by atoms with Gasteiger partial charge in [-0.2, -0.15) is 9.89 Å². The number of hydrogen-bond acceptors (Lipinski definition) is 7. The van der Waals surface area contributed by atoms with Gasteiger partial charge in [0, 0.05) is 24.3 Å².